The molecule has 6 heteroatoms. The molecule has 0 spiro atoms. The molecule has 114 valence electrons. The van der Waals surface area contributed by atoms with Gasteiger partial charge in [0.05, 0.1) is 0 Å². The Morgan fingerprint density at radius 1 is 1.00 bits per heavy atom. The van der Waals surface area contributed by atoms with Crippen molar-refractivity contribution in [1.82, 2.24) is 0 Å². The van der Waals surface area contributed by atoms with Gasteiger partial charge in [-0.1, -0.05) is 22.6 Å². The van der Waals surface area contributed by atoms with E-state index >= 15 is 0 Å². The van der Waals surface area contributed by atoms with Gasteiger partial charge in [-0.05, 0) is 46.2 Å². The number of halogens is 1. The lowest BCUT2D eigenvalue weighted by atomic mass is 10.4. The van der Waals surface area contributed by atoms with Crippen LogP contribution in [-0.2, 0) is 13.3 Å². The summed E-state index contributed by atoms with van der Waals surface area (Å²) in [7, 11) is -2.43. The van der Waals surface area contributed by atoms with Gasteiger partial charge in [0.15, 0.2) is 0 Å². The second kappa shape index (κ2) is 13.5. The third-order valence-electron chi connectivity index (χ3n) is 2.46. The monoisotopic (exact) mass is 401 g/mol. The van der Waals surface area contributed by atoms with Gasteiger partial charge in [-0.15, -0.1) is 0 Å². The predicted octanol–water partition coefficient (Wildman–Crippen LogP) is 3.71. The van der Waals surface area contributed by atoms with Gasteiger partial charge in [-0.2, -0.15) is 0 Å². The van der Waals surface area contributed by atoms with E-state index in [-0.39, 0.29) is 0 Å². The summed E-state index contributed by atoms with van der Waals surface area (Å²) in [6.07, 6.45) is 5.17. The third kappa shape index (κ3) is 9.95. The molecule has 4 nitrogen and oxygen atoms in total. The molecule has 0 fully saturated rings. The summed E-state index contributed by atoms with van der Waals surface area (Å²) in [4.78, 5) is 4.38. The topological polar surface area (TPSA) is 40.0 Å². The highest BCUT2D eigenvalue weighted by atomic mass is 127. The molecule has 0 bridgehead atoms. The van der Waals surface area contributed by atoms with Crippen molar-refractivity contribution in [1.29, 1.82) is 0 Å². The predicted molar refractivity (Wildman–Crippen MR) is 91.5 cm³/mol. The summed E-state index contributed by atoms with van der Waals surface area (Å²) in [5.41, 5.74) is 0. The minimum absolute atomic E-state index is 0.649. The molecule has 0 aromatic rings. The summed E-state index contributed by atoms with van der Waals surface area (Å²) in [5, 5.41) is 0. The zero-order valence-electron chi connectivity index (χ0n) is 12.5. The summed E-state index contributed by atoms with van der Waals surface area (Å²) in [5.74, 6) is 0. The number of hydrogen-bond donors (Lipinski definition) is 0. The highest BCUT2D eigenvalue weighted by Gasteiger charge is 2.39. The van der Waals surface area contributed by atoms with Crippen LogP contribution in [-0.4, -0.2) is 45.8 Å². The molecule has 0 amide bonds. The smallest absolute Gasteiger partial charge is 0.374 e. The third-order valence-corrected chi connectivity index (χ3v) is 6.37. The first-order chi connectivity index (χ1) is 9.24. The van der Waals surface area contributed by atoms with Crippen LogP contribution in [0, 0.1) is 0 Å². The van der Waals surface area contributed by atoms with E-state index in [0.717, 1.165) is 31.9 Å². The largest absolute Gasteiger partial charge is 0.500 e. The fraction of sp³-hybridized carbons (Fsp3) is 0.923. The fourth-order valence-corrected chi connectivity index (χ4v) is 4.73. The maximum Gasteiger partial charge on any atom is 0.500 e. The number of nitrogens with zero attached hydrogens (tertiary/aromatic N) is 1. The van der Waals surface area contributed by atoms with E-state index < -0.39 is 8.80 Å². The first kappa shape index (κ1) is 19.5. The van der Waals surface area contributed by atoms with Gasteiger partial charge in [-0.3, -0.25) is 4.99 Å². The number of unbranched alkanes of at least 4 members (excludes halogenated alkanes) is 1. The number of hydrogen-bond acceptors (Lipinski definition) is 4. The van der Waals surface area contributed by atoms with E-state index in [2.05, 4.69) is 27.6 Å². The van der Waals surface area contributed by atoms with E-state index in [1.165, 1.54) is 4.43 Å². The Balaban J connectivity index is 4.06. The average molecular weight is 401 g/mol. The van der Waals surface area contributed by atoms with Crippen molar-refractivity contribution in [3.63, 3.8) is 0 Å². The normalized spacial score (nSPS) is 12.4. The van der Waals surface area contributed by atoms with Gasteiger partial charge in [0.25, 0.3) is 0 Å². The molecule has 0 unspecified atom stereocenters. The van der Waals surface area contributed by atoms with Crippen molar-refractivity contribution in [2.24, 2.45) is 4.99 Å². The Hall–Kier alpha value is 0.497. The molecular weight excluding hydrogens is 373 g/mol. The molecule has 0 saturated heterocycles. The summed E-state index contributed by atoms with van der Waals surface area (Å²) in [6.45, 7) is 8.86. The molecule has 0 saturated carbocycles. The number of aliphatic imine (C=N–C) groups is 1. The van der Waals surface area contributed by atoms with Gasteiger partial charge in [0.2, 0.25) is 0 Å². The number of alkyl halides is 1. The van der Waals surface area contributed by atoms with Crippen LogP contribution in [0.2, 0.25) is 6.04 Å². The highest BCUT2D eigenvalue weighted by Crippen LogP contribution is 2.18. The van der Waals surface area contributed by atoms with Crippen molar-refractivity contribution >= 4 is 37.6 Å². The Morgan fingerprint density at radius 3 is 2.05 bits per heavy atom. The second-order valence-corrected chi connectivity index (χ2v) is 7.82. The van der Waals surface area contributed by atoms with Crippen molar-refractivity contribution in [2.45, 2.75) is 46.1 Å². The Kier molecular flexibility index (Phi) is 13.8. The summed E-state index contributed by atoms with van der Waals surface area (Å²) >= 11 is 2.38. The molecule has 0 aromatic carbocycles. The molecule has 0 atom stereocenters. The van der Waals surface area contributed by atoms with Gasteiger partial charge in [-0.25, -0.2) is 0 Å². The van der Waals surface area contributed by atoms with Crippen LogP contribution in [0.4, 0.5) is 0 Å². The second-order valence-electron chi connectivity index (χ2n) is 4.01. The van der Waals surface area contributed by atoms with E-state index in [0.29, 0.717) is 19.8 Å². The molecule has 0 aliphatic heterocycles. The molecule has 0 rings (SSSR count). The molecule has 19 heavy (non-hydrogen) atoms. The van der Waals surface area contributed by atoms with Gasteiger partial charge in [0.1, 0.15) is 0 Å². The molecule has 0 aliphatic rings. The average Bonchev–Trinajstić information content (AvgIpc) is 2.39. The van der Waals surface area contributed by atoms with Gasteiger partial charge in [0, 0.05) is 36.8 Å². The van der Waals surface area contributed by atoms with Gasteiger partial charge < -0.3 is 13.3 Å². The summed E-state index contributed by atoms with van der Waals surface area (Å²) < 4.78 is 18.6. The van der Waals surface area contributed by atoms with Crippen molar-refractivity contribution in [3.05, 3.63) is 0 Å². The van der Waals surface area contributed by atoms with Crippen LogP contribution in [0.5, 0.6) is 0 Å². The first-order valence-electron chi connectivity index (χ1n) is 7.20. The molecule has 0 radical (unpaired) electrons. The van der Waals surface area contributed by atoms with Crippen molar-refractivity contribution in [2.75, 3.05) is 30.8 Å². The lowest BCUT2D eigenvalue weighted by Gasteiger charge is -2.28. The highest BCUT2D eigenvalue weighted by molar-refractivity contribution is 14.1. The zero-order chi connectivity index (χ0) is 14.4. The molecule has 0 aromatic heterocycles. The SMILES string of the molecule is CCO[Si](CCC/C=N\CCCI)(OCC)OCC. The van der Waals surface area contributed by atoms with Crippen LogP contribution in [0.25, 0.3) is 0 Å². The van der Waals surface area contributed by atoms with E-state index in [1.54, 1.807) is 0 Å². The Labute approximate surface area is 132 Å². The lowest BCUT2D eigenvalue weighted by Crippen LogP contribution is -2.45. The van der Waals surface area contributed by atoms with Crippen LogP contribution < -0.4 is 0 Å². The maximum absolute atomic E-state index is 5.80. The van der Waals surface area contributed by atoms with E-state index in [9.17, 15) is 0 Å². The molecule has 0 aliphatic carbocycles. The Morgan fingerprint density at radius 2 is 1.58 bits per heavy atom. The molecule has 0 N–H and O–H groups in total. The van der Waals surface area contributed by atoms with E-state index in [4.69, 9.17) is 13.3 Å². The zero-order valence-corrected chi connectivity index (χ0v) is 15.6. The van der Waals surface area contributed by atoms with Crippen LogP contribution in [0.15, 0.2) is 4.99 Å². The minimum Gasteiger partial charge on any atom is -0.374 e. The minimum atomic E-state index is -2.43. The maximum atomic E-state index is 5.80. The Bertz CT molecular complexity index is 213. The van der Waals surface area contributed by atoms with Crippen molar-refractivity contribution < 1.29 is 13.3 Å². The van der Waals surface area contributed by atoms with Crippen LogP contribution >= 0.6 is 22.6 Å². The van der Waals surface area contributed by atoms with E-state index in [1.807, 2.05) is 27.0 Å². The molecule has 0 heterocycles. The standard InChI is InChI=1S/C13H28INO3Si/c1-4-16-19(17-5-2,18-6-3)13-8-7-11-15-12-9-10-14/h11H,4-10,12-13H2,1-3H3/b15-11-. The quantitative estimate of drug-likeness (QED) is 0.155. The lowest BCUT2D eigenvalue weighted by molar-refractivity contribution is 0.0710. The summed E-state index contributed by atoms with van der Waals surface area (Å²) in [6, 6.07) is 0.876. The first-order valence-corrected chi connectivity index (χ1v) is 10.7. The van der Waals surface area contributed by atoms with Crippen LogP contribution in [0.1, 0.15) is 40.0 Å². The van der Waals surface area contributed by atoms with Crippen LogP contribution in [0.3, 0.4) is 0 Å². The number of rotatable bonds is 13. The fourth-order valence-electron chi connectivity index (χ4n) is 1.74. The van der Waals surface area contributed by atoms with Gasteiger partial charge >= 0.3 is 8.80 Å². The van der Waals surface area contributed by atoms with Crippen molar-refractivity contribution in [3.8, 4) is 0 Å². The molecular formula is C13H28INO3Si.